The first-order valence-corrected chi connectivity index (χ1v) is 5.13. The molecule has 0 aliphatic carbocycles. The highest BCUT2D eigenvalue weighted by atomic mass is 16.3. The minimum Gasteiger partial charge on any atom is -0.394 e. The van der Waals surface area contributed by atoms with Crippen molar-refractivity contribution in [2.24, 2.45) is 0 Å². The van der Waals surface area contributed by atoms with Crippen LogP contribution in [0.5, 0.6) is 0 Å². The molecule has 16 heavy (non-hydrogen) atoms. The number of aliphatic hydroxyl groups excluding tert-OH is 2. The number of anilines is 1. The molecule has 0 spiro atoms. The van der Waals surface area contributed by atoms with E-state index in [0.717, 1.165) is 0 Å². The van der Waals surface area contributed by atoms with Gasteiger partial charge in [-0.15, -0.1) is 0 Å². The van der Waals surface area contributed by atoms with Crippen LogP contribution in [-0.2, 0) is 6.42 Å². The number of H-pyrrole nitrogens is 1. The zero-order valence-electron chi connectivity index (χ0n) is 9.45. The molecule has 4 N–H and O–H groups in total. The van der Waals surface area contributed by atoms with Gasteiger partial charge in [-0.1, -0.05) is 6.92 Å². The Labute approximate surface area is 93.4 Å². The molecule has 1 heterocycles. The highest BCUT2D eigenvalue weighted by Crippen LogP contribution is 2.10. The molecule has 0 bridgehead atoms. The Bertz CT molecular complexity index is 399. The maximum absolute atomic E-state index is 11.3. The van der Waals surface area contributed by atoms with E-state index in [0.29, 0.717) is 18.1 Å². The highest BCUT2D eigenvalue weighted by Gasteiger charge is 2.22. The van der Waals surface area contributed by atoms with Crippen molar-refractivity contribution in [3.8, 4) is 0 Å². The fraction of sp³-hybridized carbons (Fsp3) is 0.600. The zero-order valence-corrected chi connectivity index (χ0v) is 9.45. The molecular formula is C10H17N3O3. The number of aryl methyl sites for hydroxylation is 1. The van der Waals surface area contributed by atoms with E-state index in [4.69, 9.17) is 10.2 Å². The van der Waals surface area contributed by atoms with Gasteiger partial charge in [-0.25, -0.2) is 4.98 Å². The third-order valence-corrected chi connectivity index (χ3v) is 2.25. The number of hydrogen-bond donors (Lipinski definition) is 4. The van der Waals surface area contributed by atoms with Crippen molar-refractivity contribution in [2.75, 3.05) is 18.5 Å². The van der Waals surface area contributed by atoms with Gasteiger partial charge in [0, 0.05) is 12.5 Å². The fourth-order valence-electron chi connectivity index (χ4n) is 1.18. The van der Waals surface area contributed by atoms with E-state index < -0.39 is 5.54 Å². The lowest BCUT2D eigenvalue weighted by molar-refractivity contribution is 0.147. The maximum atomic E-state index is 11.3. The van der Waals surface area contributed by atoms with Crippen molar-refractivity contribution in [3.05, 3.63) is 22.2 Å². The summed E-state index contributed by atoms with van der Waals surface area (Å²) < 4.78 is 0. The molecule has 90 valence electrons. The molecule has 0 saturated heterocycles. The van der Waals surface area contributed by atoms with Crippen LogP contribution >= 0.6 is 0 Å². The lowest BCUT2D eigenvalue weighted by Gasteiger charge is -2.26. The predicted molar refractivity (Wildman–Crippen MR) is 60.4 cm³/mol. The number of hydrogen-bond acceptors (Lipinski definition) is 5. The van der Waals surface area contributed by atoms with Crippen molar-refractivity contribution < 1.29 is 10.2 Å². The lowest BCUT2D eigenvalue weighted by atomic mass is 10.1. The predicted octanol–water partition coefficient (Wildman–Crippen LogP) is -0.513. The van der Waals surface area contributed by atoms with E-state index in [1.807, 2.05) is 6.92 Å². The van der Waals surface area contributed by atoms with Gasteiger partial charge in [0.2, 0.25) is 0 Å². The number of rotatable bonds is 5. The Morgan fingerprint density at radius 3 is 2.62 bits per heavy atom. The second-order valence-electron chi connectivity index (χ2n) is 3.93. The third-order valence-electron chi connectivity index (χ3n) is 2.25. The molecule has 0 saturated carbocycles. The van der Waals surface area contributed by atoms with Crippen LogP contribution in [0.2, 0.25) is 0 Å². The second kappa shape index (κ2) is 5.09. The third kappa shape index (κ3) is 3.04. The Hall–Kier alpha value is -1.40. The molecule has 0 aromatic carbocycles. The average molecular weight is 227 g/mol. The molecule has 1 rings (SSSR count). The van der Waals surface area contributed by atoms with E-state index in [2.05, 4.69) is 15.3 Å². The van der Waals surface area contributed by atoms with Crippen LogP contribution in [0.1, 0.15) is 19.7 Å². The van der Waals surface area contributed by atoms with Crippen LogP contribution in [0, 0.1) is 0 Å². The fourth-order valence-corrected chi connectivity index (χ4v) is 1.18. The van der Waals surface area contributed by atoms with E-state index in [1.54, 1.807) is 6.92 Å². The van der Waals surface area contributed by atoms with Crippen molar-refractivity contribution in [1.29, 1.82) is 0 Å². The summed E-state index contributed by atoms with van der Waals surface area (Å²) in [7, 11) is 0. The van der Waals surface area contributed by atoms with Crippen molar-refractivity contribution >= 4 is 5.82 Å². The topological polar surface area (TPSA) is 98.2 Å². The van der Waals surface area contributed by atoms with E-state index in [-0.39, 0.29) is 18.8 Å². The minimum atomic E-state index is -0.883. The van der Waals surface area contributed by atoms with Gasteiger partial charge in [0.15, 0.2) is 0 Å². The van der Waals surface area contributed by atoms with Gasteiger partial charge in [0.1, 0.15) is 11.6 Å². The SMILES string of the molecule is CCc1nc(NC(C)(CO)CO)cc(=O)[nH]1. The molecule has 0 amide bonds. The van der Waals surface area contributed by atoms with Gasteiger partial charge in [-0.2, -0.15) is 0 Å². The number of nitrogens with one attached hydrogen (secondary N) is 2. The van der Waals surface area contributed by atoms with Crippen LogP contribution in [0.15, 0.2) is 10.9 Å². The minimum absolute atomic E-state index is 0.251. The summed E-state index contributed by atoms with van der Waals surface area (Å²) in [6.45, 7) is 3.01. The highest BCUT2D eigenvalue weighted by molar-refractivity contribution is 5.36. The molecule has 1 aromatic heterocycles. The summed E-state index contributed by atoms with van der Waals surface area (Å²) in [5.41, 5.74) is -1.14. The molecule has 0 unspecified atom stereocenters. The smallest absolute Gasteiger partial charge is 0.252 e. The average Bonchev–Trinajstić information content (AvgIpc) is 2.28. The molecule has 6 nitrogen and oxygen atoms in total. The van der Waals surface area contributed by atoms with Gasteiger partial charge in [0.05, 0.1) is 18.8 Å². The van der Waals surface area contributed by atoms with E-state index >= 15 is 0 Å². The first-order chi connectivity index (χ1) is 7.53. The second-order valence-corrected chi connectivity index (χ2v) is 3.93. The monoisotopic (exact) mass is 227 g/mol. The summed E-state index contributed by atoms with van der Waals surface area (Å²) in [6, 6.07) is 1.29. The largest absolute Gasteiger partial charge is 0.394 e. The molecule has 0 fully saturated rings. The van der Waals surface area contributed by atoms with Crippen LogP contribution < -0.4 is 10.9 Å². The zero-order chi connectivity index (χ0) is 12.2. The standard InChI is InChI=1S/C10H17N3O3/c1-3-7-11-8(4-9(16)12-7)13-10(2,5-14)6-15/h4,14-15H,3,5-6H2,1-2H3,(H2,11,12,13,16). The molecule has 6 heteroatoms. The quantitative estimate of drug-likeness (QED) is 0.543. The Kier molecular flexibility index (Phi) is 4.03. The van der Waals surface area contributed by atoms with Crippen molar-refractivity contribution in [1.82, 2.24) is 9.97 Å². The number of aromatic amines is 1. The van der Waals surface area contributed by atoms with Crippen LogP contribution in [0.25, 0.3) is 0 Å². The molecule has 1 aromatic rings. The Balaban J connectivity index is 2.96. The normalized spacial score (nSPS) is 11.5. The first-order valence-electron chi connectivity index (χ1n) is 5.13. The number of nitrogens with zero attached hydrogens (tertiary/aromatic N) is 1. The van der Waals surface area contributed by atoms with Crippen molar-refractivity contribution in [3.63, 3.8) is 0 Å². The van der Waals surface area contributed by atoms with E-state index in [1.165, 1.54) is 6.07 Å². The molecule has 0 atom stereocenters. The summed E-state index contributed by atoms with van der Waals surface area (Å²) in [4.78, 5) is 18.0. The Morgan fingerprint density at radius 2 is 2.12 bits per heavy atom. The number of aromatic nitrogens is 2. The molecule has 0 aliphatic rings. The van der Waals surface area contributed by atoms with E-state index in [9.17, 15) is 4.79 Å². The summed E-state index contributed by atoms with van der Waals surface area (Å²) in [5.74, 6) is 0.916. The van der Waals surface area contributed by atoms with Gasteiger partial charge in [-0.05, 0) is 6.92 Å². The molecule has 0 aliphatic heterocycles. The lowest BCUT2D eigenvalue weighted by Crippen LogP contribution is -2.43. The molecule has 0 radical (unpaired) electrons. The van der Waals surface area contributed by atoms with Gasteiger partial charge < -0.3 is 20.5 Å². The Morgan fingerprint density at radius 1 is 1.50 bits per heavy atom. The van der Waals surface area contributed by atoms with Crippen molar-refractivity contribution in [2.45, 2.75) is 25.8 Å². The van der Waals surface area contributed by atoms with Gasteiger partial charge in [-0.3, -0.25) is 4.79 Å². The summed E-state index contributed by atoms with van der Waals surface area (Å²) in [5, 5.41) is 21.1. The summed E-state index contributed by atoms with van der Waals surface area (Å²) in [6.07, 6.45) is 0.611. The van der Waals surface area contributed by atoms with Crippen LogP contribution in [0.3, 0.4) is 0 Å². The summed E-state index contributed by atoms with van der Waals surface area (Å²) >= 11 is 0. The number of aliphatic hydroxyl groups is 2. The van der Waals surface area contributed by atoms with Crippen LogP contribution in [0.4, 0.5) is 5.82 Å². The first kappa shape index (κ1) is 12.7. The molecular weight excluding hydrogens is 210 g/mol. The van der Waals surface area contributed by atoms with Gasteiger partial charge in [0.25, 0.3) is 5.56 Å². The van der Waals surface area contributed by atoms with Crippen LogP contribution in [-0.4, -0.2) is 38.9 Å². The maximum Gasteiger partial charge on any atom is 0.252 e. The van der Waals surface area contributed by atoms with Gasteiger partial charge >= 0.3 is 0 Å².